The van der Waals surface area contributed by atoms with Gasteiger partial charge in [0, 0.05) is 24.0 Å². The topological polar surface area (TPSA) is 42.2 Å². The fourth-order valence-electron chi connectivity index (χ4n) is 2.83. The van der Waals surface area contributed by atoms with Gasteiger partial charge in [-0.3, -0.25) is 4.79 Å². The molecule has 4 heteroatoms. The van der Waals surface area contributed by atoms with Crippen molar-refractivity contribution in [3.05, 3.63) is 35.0 Å². The molecule has 1 aromatic carbocycles. The van der Waals surface area contributed by atoms with Gasteiger partial charge in [-0.1, -0.05) is 29.8 Å². The number of carboxylic acids is 1. The van der Waals surface area contributed by atoms with E-state index in [0.717, 1.165) is 34.3 Å². The van der Waals surface area contributed by atoms with E-state index in [1.807, 2.05) is 36.0 Å². The predicted molar refractivity (Wildman–Crippen MR) is 71.1 cm³/mol. The molecule has 0 atom stereocenters. The van der Waals surface area contributed by atoms with E-state index in [1.165, 1.54) is 0 Å². The minimum Gasteiger partial charge on any atom is -0.481 e. The Morgan fingerprint density at radius 3 is 2.83 bits per heavy atom. The van der Waals surface area contributed by atoms with Crippen molar-refractivity contribution in [2.24, 2.45) is 7.05 Å². The smallest absolute Gasteiger partial charge is 0.304 e. The van der Waals surface area contributed by atoms with Crippen LogP contribution in [0.2, 0.25) is 5.02 Å². The first-order valence-corrected chi connectivity index (χ1v) is 6.37. The van der Waals surface area contributed by atoms with Gasteiger partial charge < -0.3 is 9.67 Å². The molecule has 0 bridgehead atoms. The summed E-state index contributed by atoms with van der Waals surface area (Å²) in [6.45, 7) is 0. The van der Waals surface area contributed by atoms with E-state index in [1.54, 1.807) is 0 Å². The number of aryl methyl sites for hydroxylation is 1. The normalized spacial score (nSPS) is 17.0. The van der Waals surface area contributed by atoms with E-state index in [2.05, 4.69) is 0 Å². The monoisotopic (exact) mass is 263 g/mol. The van der Waals surface area contributed by atoms with E-state index >= 15 is 0 Å². The van der Waals surface area contributed by atoms with Crippen LogP contribution in [0, 0.1) is 0 Å². The first-order chi connectivity index (χ1) is 8.53. The highest BCUT2D eigenvalue weighted by molar-refractivity contribution is 6.35. The number of aliphatic carboxylic acids is 1. The Hall–Kier alpha value is -1.48. The molecule has 0 unspecified atom stereocenters. The van der Waals surface area contributed by atoms with Crippen LogP contribution in [0.3, 0.4) is 0 Å². The van der Waals surface area contributed by atoms with Crippen LogP contribution in [0.4, 0.5) is 0 Å². The largest absolute Gasteiger partial charge is 0.481 e. The molecule has 0 spiro atoms. The predicted octanol–water partition coefficient (Wildman–Crippen LogP) is 3.34. The van der Waals surface area contributed by atoms with Crippen LogP contribution in [0.25, 0.3) is 10.9 Å². The average Bonchev–Trinajstić information content (AvgIpc) is 3.01. The summed E-state index contributed by atoms with van der Waals surface area (Å²) >= 11 is 6.19. The number of para-hydroxylation sites is 1. The number of carboxylic acid groups (broad SMARTS) is 1. The van der Waals surface area contributed by atoms with Gasteiger partial charge in [0.2, 0.25) is 0 Å². The maximum absolute atomic E-state index is 11.0. The van der Waals surface area contributed by atoms with Crippen molar-refractivity contribution in [2.45, 2.75) is 24.7 Å². The molecule has 1 aliphatic rings. The van der Waals surface area contributed by atoms with Crippen molar-refractivity contribution in [1.82, 2.24) is 4.57 Å². The first-order valence-electron chi connectivity index (χ1n) is 5.99. The Morgan fingerprint density at radius 2 is 2.22 bits per heavy atom. The van der Waals surface area contributed by atoms with Gasteiger partial charge in [0.15, 0.2) is 0 Å². The van der Waals surface area contributed by atoms with E-state index < -0.39 is 5.97 Å². The van der Waals surface area contributed by atoms with E-state index in [9.17, 15) is 4.79 Å². The summed E-state index contributed by atoms with van der Waals surface area (Å²) in [6, 6.07) is 5.98. The van der Waals surface area contributed by atoms with Crippen molar-refractivity contribution in [1.29, 1.82) is 0 Å². The van der Waals surface area contributed by atoms with Crippen LogP contribution in [0.5, 0.6) is 0 Å². The lowest BCUT2D eigenvalue weighted by Gasteiger charge is -2.15. The van der Waals surface area contributed by atoms with Crippen LogP contribution in [-0.4, -0.2) is 15.6 Å². The molecule has 1 aromatic heterocycles. The fraction of sp³-hybridized carbons (Fsp3) is 0.357. The van der Waals surface area contributed by atoms with E-state index in [0.29, 0.717) is 0 Å². The molecule has 1 aliphatic carbocycles. The van der Waals surface area contributed by atoms with Gasteiger partial charge in [-0.2, -0.15) is 0 Å². The van der Waals surface area contributed by atoms with Crippen molar-refractivity contribution < 1.29 is 9.90 Å². The van der Waals surface area contributed by atoms with Gasteiger partial charge in [-0.05, 0) is 18.4 Å². The molecule has 2 aromatic rings. The molecular weight excluding hydrogens is 250 g/mol. The number of hydrogen-bond acceptors (Lipinski definition) is 1. The Kier molecular flexibility index (Phi) is 2.42. The van der Waals surface area contributed by atoms with E-state index in [4.69, 9.17) is 16.7 Å². The van der Waals surface area contributed by atoms with Crippen LogP contribution >= 0.6 is 11.6 Å². The Balaban J connectivity index is 2.21. The maximum atomic E-state index is 11.0. The zero-order valence-electron chi connectivity index (χ0n) is 10.1. The highest BCUT2D eigenvalue weighted by Crippen LogP contribution is 2.53. The molecule has 0 saturated heterocycles. The highest BCUT2D eigenvalue weighted by atomic mass is 35.5. The molecule has 94 valence electrons. The summed E-state index contributed by atoms with van der Waals surface area (Å²) in [4.78, 5) is 11.0. The third-order valence-electron chi connectivity index (χ3n) is 3.87. The van der Waals surface area contributed by atoms with Gasteiger partial charge in [0.1, 0.15) is 0 Å². The molecule has 1 heterocycles. The lowest BCUT2D eigenvalue weighted by atomic mass is 9.91. The van der Waals surface area contributed by atoms with Crippen LogP contribution in [0.15, 0.2) is 24.4 Å². The third kappa shape index (κ3) is 1.62. The molecule has 1 fully saturated rings. The molecule has 1 N–H and O–H groups in total. The second kappa shape index (κ2) is 3.75. The Labute approximate surface area is 110 Å². The molecule has 0 radical (unpaired) electrons. The summed E-state index contributed by atoms with van der Waals surface area (Å²) in [5, 5.41) is 10.8. The number of halogens is 1. The van der Waals surface area contributed by atoms with Gasteiger partial charge in [-0.25, -0.2) is 0 Å². The van der Waals surface area contributed by atoms with Crippen molar-refractivity contribution in [3.8, 4) is 0 Å². The summed E-state index contributed by atoms with van der Waals surface area (Å²) in [5.41, 5.74) is 2.01. The molecule has 0 aliphatic heterocycles. The average molecular weight is 264 g/mol. The van der Waals surface area contributed by atoms with E-state index in [-0.39, 0.29) is 11.8 Å². The van der Waals surface area contributed by atoms with Gasteiger partial charge in [0.05, 0.1) is 17.0 Å². The number of fused-ring (bicyclic) bond motifs is 1. The molecule has 0 amide bonds. The summed E-state index contributed by atoms with van der Waals surface area (Å²) < 4.78 is 1.99. The minimum absolute atomic E-state index is 0.180. The van der Waals surface area contributed by atoms with Crippen LogP contribution < -0.4 is 0 Å². The third-order valence-corrected chi connectivity index (χ3v) is 4.17. The lowest BCUT2D eigenvalue weighted by molar-refractivity contribution is -0.137. The van der Waals surface area contributed by atoms with Crippen molar-refractivity contribution >= 4 is 28.5 Å². The quantitative estimate of drug-likeness (QED) is 0.923. The number of hydrogen-bond donors (Lipinski definition) is 1. The van der Waals surface area contributed by atoms with Crippen molar-refractivity contribution in [3.63, 3.8) is 0 Å². The lowest BCUT2D eigenvalue weighted by Crippen LogP contribution is -2.14. The zero-order valence-corrected chi connectivity index (χ0v) is 10.9. The standard InChI is InChI=1S/C14H14ClNO2/c1-16-8-11(15)9-3-2-4-10(13(9)16)14(5-6-14)7-12(17)18/h2-4,8H,5-7H2,1H3,(H,17,18). The Morgan fingerprint density at radius 1 is 1.50 bits per heavy atom. The zero-order chi connectivity index (χ0) is 12.9. The summed E-state index contributed by atoms with van der Waals surface area (Å²) in [5.74, 6) is -0.732. The SMILES string of the molecule is Cn1cc(Cl)c2cccc(C3(CC(=O)O)CC3)c21. The van der Waals surface area contributed by atoms with Crippen molar-refractivity contribution in [2.75, 3.05) is 0 Å². The second-order valence-corrected chi connectivity index (χ2v) is 5.55. The minimum atomic E-state index is -0.732. The number of carbonyl (C=O) groups is 1. The summed E-state index contributed by atoms with van der Waals surface area (Å²) in [7, 11) is 1.95. The van der Waals surface area contributed by atoms with Gasteiger partial charge in [-0.15, -0.1) is 0 Å². The number of rotatable bonds is 3. The Bertz CT molecular complexity index is 641. The molecule has 3 nitrogen and oxygen atoms in total. The molecule has 18 heavy (non-hydrogen) atoms. The van der Waals surface area contributed by atoms with Crippen LogP contribution in [0.1, 0.15) is 24.8 Å². The highest BCUT2D eigenvalue weighted by Gasteiger charge is 2.47. The molecule has 3 rings (SSSR count). The molecular formula is C14H14ClNO2. The maximum Gasteiger partial charge on any atom is 0.304 e. The van der Waals surface area contributed by atoms with Crippen LogP contribution in [-0.2, 0) is 17.3 Å². The number of nitrogens with zero attached hydrogens (tertiary/aromatic N) is 1. The number of benzene rings is 1. The van der Waals surface area contributed by atoms with Gasteiger partial charge in [0.25, 0.3) is 0 Å². The first kappa shape index (κ1) is 11.6. The number of aromatic nitrogens is 1. The van der Waals surface area contributed by atoms with Gasteiger partial charge >= 0.3 is 5.97 Å². The fourth-order valence-corrected chi connectivity index (χ4v) is 3.13. The second-order valence-electron chi connectivity index (χ2n) is 5.14. The summed E-state index contributed by atoms with van der Waals surface area (Å²) in [6.07, 6.45) is 3.98. The molecule has 1 saturated carbocycles.